The number of carbonyl (C=O) groups is 1. The summed E-state index contributed by atoms with van der Waals surface area (Å²) >= 11 is 0. The van der Waals surface area contributed by atoms with Crippen LogP contribution in [0.25, 0.3) is 0 Å². The first kappa shape index (κ1) is 18.9. The van der Waals surface area contributed by atoms with Gasteiger partial charge in [-0.25, -0.2) is 0 Å². The Morgan fingerprint density at radius 1 is 1.25 bits per heavy atom. The fourth-order valence-electron chi connectivity index (χ4n) is 3.92. The van der Waals surface area contributed by atoms with Crippen molar-refractivity contribution < 1.29 is 19.4 Å². The minimum absolute atomic E-state index is 0.109. The maximum absolute atomic E-state index is 13.2. The van der Waals surface area contributed by atoms with E-state index in [0.717, 1.165) is 27.9 Å². The van der Waals surface area contributed by atoms with Crippen LogP contribution in [0.3, 0.4) is 0 Å². The van der Waals surface area contributed by atoms with Crippen molar-refractivity contribution in [2.45, 2.75) is 45.8 Å². The Labute approximate surface area is 165 Å². The molecule has 1 saturated heterocycles. The highest BCUT2D eigenvalue weighted by molar-refractivity contribution is 5.99. The molecule has 0 saturated carbocycles. The van der Waals surface area contributed by atoms with Gasteiger partial charge in [-0.1, -0.05) is 6.07 Å². The van der Waals surface area contributed by atoms with E-state index in [2.05, 4.69) is 18.0 Å². The fraction of sp³-hybridized carbons (Fsp3) is 0.455. The van der Waals surface area contributed by atoms with Gasteiger partial charge in [0.1, 0.15) is 5.75 Å². The lowest BCUT2D eigenvalue weighted by molar-refractivity contribution is -0.0697. The molecule has 6 heteroatoms. The van der Waals surface area contributed by atoms with Gasteiger partial charge in [-0.05, 0) is 68.0 Å². The Balaban J connectivity index is 1.67. The number of aliphatic hydroxyl groups excluding tert-OH is 1. The lowest BCUT2D eigenvalue weighted by atomic mass is 9.92. The number of ether oxygens (including phenoxy) is 2. The van der Waals surface area contributed by atoms with Crippen LogP contribution < -0.4 is 4.74 Å². The van der Waals surface area contributed by atoms with Crippen LogP contribution in [-0.2, 0) is 11.2 Å². The van der Waals surface area contributed by atoms with Crippen LogP contribution in [0.15, 0.2) is 24.4 Å². The topological polar surface area (TPSA) is 71.9 Å². The van der Waals surface area contributed by atoms with E-state index in [1.54, 1.807) is 4.90 Å². The molecule has 0 unspecified atom stereocenters. The number of hydrogen-bond donors (Lipinski definition) is 1. The minimum Gasteiger partial charge on any atom is -0.472 e. The molecule has 0 bridgehead atoms. The first-order chi connectivity index (χ1) is 13.5. The number of fused-ring (bicyclic) bond motifs is 1. The van der Waals surface area contributed by atoms with Crippen molar-refractivity contribution >= 4 is 5.91 Å². The number of rotatable bonds is 3. The quantitative estimate of drug-likeness (QED) is 0.883. The molecule has 0 spiro atoms. The third-order valence-corrected chi connectivity index (χ3v) is 5.85. The Bertz CT molecular complexity index is 894. The van der Waals surface area contributed by atoms with Gasteiger partial charge in [0.05, 0.1) is 24.3 Å². The van der Waals surface area contributed by atoms with Gasteiger partial charge < -0.3 is 14.6 Å². The molecular formula is C22H26N2O4. The molecule has 0 radical (unpaired) electrons. The smallest absolute Gasteiger partial charge is 0.260 e. The molecule has 148 valence electrons. The van der Waals surface area contributed by atoms with E-state index in [1.807, 2.05) is 32.2 Å². The van der Waals surface area contributed by atoms with Crippen molar-refractivity contribution in [2.75, 3.05) is 19.9 Å². The summed E-state index contributed by atoms with van der Waals surface area (Å²) in [4.78, 5) is 19.2. The molecule has 28 heavy (non-hydrogen) atoms. The van der Waals surface area contributed by atoms with Gasteiger partial charge in [0.25, 0.3) is 5.91 Å². The monoisotopic (exact) mass is 382 g/mol. The summed E-state index contributed by atoms with van der Waals surface area (Å²) in [5, 5.41) is 10.3. The third-order valence-electron chi connectivity index (χ3n) is 5.85. The number of pyridine rings is 1. The molecular weight excluding hydrogens is 356 g/mol. The Kier molecular flexibility index (Phi) is 5.08. The first-order valence-electron chi connectivity index (χ1n) is 9.70. The van der Waals surface area contributed by atoms with Crippen molar-refractivity contribution in [2.24, 2.45) is 0 Å². The number of benzene rings is 1. The molecule has 1 amide bonds. The summed E-state index contributed by atoms with van der Waals surface area (Å²) in [6, 6.07) is 5.62. The molecule has 3 heterocycles. The second-order valence-electron chi connectivity index (χ2n) is 7.69. The van der Waals surface area contributed by atoms with Crippen LogP contribution in [0.2, 0.25) is 0 Å². The number of nitrogens with zero attached hydrogens (tertiary/aromatic N) is 2. The molecule has 2 aliphatic heterocycles. The summed E-state index contributed by atoms with van der Waals surface area (Å²) in [5.74, 6) is 0.540. The number of hydrogen-bond acceptors (Lipinski definition) is 5. The van der Waals surface area contributed by atoms with Crippen molar-refractivity contribution in [3.63, 3.8) is 0 Å². The molecule has 1 fully saturated rings. The van der Waals surface area contributed by atoms with E-state index < -0.39 is 6.10 Å². The lowest BCUT2D eigenvalue weighted by Gasteiger charge is -2.40. The van der Waals surface area contributed by atoms with Crippen LogP contribution >= 0.6 is 0 Å². The normalized spacial score (nSPS) is 22.0. The van der Waals surface area contributed by atoms with Crippen LogP contribution in [0.4, 0.5) is 0 Å². The largest absolute Gasteiger partial charge is 0.472 e. The molecule has 2 aromatic rings. The van der Waals surface area contributed by atoms with Crippen molar-refractivity contribution in [3.8, 4) is 5.75 Å². The molecule has 1 aromatic heterocycles. The minimum atomic E-state index is -0.590. The molecule has 4 rings (SSSR count). The van der Waals surface area contributed by atoms with Crippen LogP contribution in [0, 0.1) is 20.8 Å². The highest BCUT2D eigenvalue weighted by Gasteiger charge is 2.37. The molecule has 2 atom stereocenters. The summed E-state index contributed by atoms with van der Waals surface area (Å²) in [6.07, 6.45) is 2.52. The van der Waals surface area contributed by atoms with E-state index in [9.17, 15) is 9.90 Å². The average molecular weight is 382 g/mol. The average Bonchev–Trinajstić information content (AvgIpc) is 2.69. The first-order valence-corrected chi connectivity index (χ1v) is 9.70. The van der Waals surface area contributed by atoms with E-state index >= 15 is 0 Å². The van der Waals surface area contributed by atoms with Gasteiger partial charge in [0, 0.05) is 18.5 Å². The molecule has 1 aromatic carbocycles. The summed E-state index contributed by atoms with van der Waals surface area (Å²) < 4.78 is 11.4. The van der Waals surface area contributed by atoms with E-state index in [0.29, 0.717) is 37.4 Å². The number of aliphatic hydroxyl groups is 1. The second-order valence-corrected chi connectivity index (χ2v) is 7.69. The molecule has 2 aliphatic rings. The zero-order valence-corrected chi connectivity index (χ0v) is 16.6. The SMILES string of the molecule is Cc1ccc(Cc2cc3c(c(C)c2C)OCN([C@@H]2COCC[C@H]2O)C3=O)cn1. The zero-order chi connectivity index (χ0) is 19.8. The van der Waals surface area contributed by atoms with Crippen molar-refractivity contribution in [3.05, 3.63) is 57.9 Å². The Morgan fingerprint density at radius 3 is 2.79 bits per heavy atom. The lowest BCUT2D eigenvalue weighted by Crippen LogP contribution is -2.55. The number of aromatic nitrogens is 1. The number of aryl methyl sites for hydroxylation is 1. The van der Waals surface area contributed by atoms with Crippen molar-refractivity contribution in [1.29, 1.82) is 0 Å². The van der Waals surface area contributed by atoms with Crippen LogP contribution in [0.1, 0.15) is 44.7 Å². The highest BCUT2D eigenvalue weighted by Crippen LogP contribution is 2.35. The van der Waals surface area contributed by atoms with Gasteiger partial charge in [-0.2, -0.15) is 0 Å². The number of amides is 1. The highest BCUT2D eigenvalue weighted by atomic mass is 16.5. The molecule has 6 nitrogen and oxygen atoms in total. The maximum Gasteiger partial charge on any atom is 0.260 e. The van der Waals surface area contributed by atoms with Crippen molar-refractivity contribution in [1.82, 2.24) is 9.88 Å². The van der Waals surface area contributed by atoms with E-state index in [-0.39, 0.29) is 18.7 Å². The van der Waals surface area contributed by atoms with Gasteiger partial charge in [0.2, 0.25) is 0 Å². The van der Waals surface area contributed by atoms with Crippen LogP contribution in [0.5, 0.6) is 5.75 Å². The van der Waals surface area contributed by atoms with Gasteiger partial charge in [0.15, 0.2) is 6.73 Å². The Morgan fingerprint density at radius 2 is 2.07 bits per heavy atom. The number of carbonyl (C=O) groups excluding carboxylic acids is 1. The summed E-state index contributed by atoms with van der Waals surface area (Å²) in [6.45, 7) is 7.01. The second kappa shape index (κ2) is 7.53. The summed E-state index contributed by atoms with van der Waals surface area (Å²) in [5.41, 5.74) is 5.84. The van der Waals surface area contributed by atoms with Gasteiger partial charge in [-0.15, -0.1) is 0 Å². The predicted molar refractivity (Wildman–Crippen MR) is 105 cm³/mol. The van der Waals surface area contributed by atoms with E-state index in [4.69, 9.17) is 9.47 Å². The van der Waals surface area contributed by atoms with Crippen LogP contribution in [-0.4, -0.2) is 53.0 Å². The zero-order valence-electron chi connectivity index (χ0n) is 16.6. The maximum atomic E-state index is 13.2. The third kappa shape index (κ3) is 3.38. The fourth-order valence-corrected chi connectivity index (χ4v) is 3.92. The Hall–Kier alpha value is -2.44. The van der Waals surface area contributed by atoms with Gasteiger partial charge >= 0.3 is 0 Å². The van der Waals surface area contributed by atoms with E-state index in [1.165, 1.54) is 0 Å². The predicted octanol–water partition coefficient (Wildman–Crippen LogP) is 2.54. The molecule has 1 N–H and O–H groups in total. The van der Waals surface area contributed by atoms with Gasteiger partial charge in [-0.3, -0.25) is 14.7 Å². The summed E-state index contributed by atoms with van der Waals surface area (Å²) in [7, 11) is 0. The molecule has 0 aliphatic carbocycles. The standard InChI is InChI=1S/C22H26N2O4/c1-13-4-5-16(10-23-13)8-17-9-18-21(15(3)14(17)2)28-12-24(22(18)26)19-11-27-7-6-20(19)25/h4-5,9-10,19-20,25H,6-8,11-12H2,1-3H3/t19-,20-/m1/s1.